The number of nitrogens with one attached hydrogen (secondary N) is 5. The van der Waals surface area contributed by atoms with Gasteiger partial charge in [-0.25, -0.2) is 19.2 Å². The van der Waals surface area contributed by atoms with E-state index in [1.54, 1.807) is 53.1 Å². The molecular weight excluding hydrogens is 1080 g/mol. The van der Waals surface area contributed by atoms with Crippen LogP contribution in [-0.2, 0) is 68.2 Å². The van der Waals surface area contributed by atoms with Crippen molar-refractivity contribution in [2.24, 2.45) is 35.2 Å². The molecule has 1 aliphatic carbocycles. The molecule has 426 valence electrons. The molecule has 1 aliphatic rings. The number of aromatic amines is 5. The molecule has 0 aromatic carbocycles. The van der Waals surface area contributed by atoms with Crippen molar-refractivity contribution in [3.8, 4) is 46.3 Å². The Morgan fingerprint density at radius 3 is 1.28 bits per heavy atom. The zero-order valence-corrected chi connectivity index (χ0v) is 44.1. The molecular formula is C42H50N32O8. The average Bonchev–Trinajstić information content (AvgIpc) is 2.13. The fourth-order valence-electron chi connectivity index (χ4n) is 7.34. The van der Waals surface area contributed by atoms with Gasteiger partial charge >= 0.3 is 22.8 Å². The van der Waals surface area contributed by atoms with E-state index in [4.69, 9.17) is 24.6 Å². The van der Waals surface area contributed by atoms with E-state index in [2.05, 4.69) is 87.6 Å². The third-order valence-corrected chi connectivity index (χ3v) is 11.7. The van der Waals surface area contributed by atoms with Crippen molar-refractivity contribution < 1.29 is 24.6 Å². The third kappa shape index (κ3) is 11.8. The molecule has 0 amide bonds. The Morgan fingerprint density at radius 1 is 0.476 bits per heavy atom. The van der Waals surface area contributed by atoms with E-state index in [1.165, 1.54) is 74.7 Å². The van der Waals surface area contributed by atoms with Gasteiger partial charge in [0.2, 0.25) is 23.5 Å². The molecule has 12 aromatic rings. The second kappa shape index (κ2) is 23.9. The van der Waals surface area contributed by atoms with Gasteiger partial charge in [-0.15, -0.1) is 20.4 Å². The predicted molar refractivity (Wildman–Crippen MR) is 273 cm³/mol. The molecule has 0 bridgehead atoms. The lowest BCUT2D eigenvalue weighted by atomic mass is 10.3. The molecule has 1 fully saturated rings. The van der Waals surface area contributed by atoms with Crippen molar-refractivity contribution in [3.63, 3.8) is 0 Å². The minimum Gasteiger partial charge on any atom is -0.470 e. The van der Waals surface area contributed by atoms with Crippen LogP contribution in [0.5, 0.6) is 23.5 Å². The molecule has 0 aliphatic heterocycles. The van der Waals surface area contributed by atoms with E-state index in [-0.39, 0.29) is 49.2 Å². The summed E-state index contributed by atoms with van der Waals surface area (Å²) >= 11 is 0. The van der Waals surface area contributed by atoms with Crippen LogP contribution in [0.3, 0.4) is 0 Å². The van der Waals surface area contributed by atoms with Crippen LogP contribution in [-0.4, -0.2) is 159 Å². The van der Waals surface area contributed by atoms with Gasteiger partial charge in [-0.2, -0.15) is 57.8 Å². The van der Waals surface area contributed by atoms with E-state index in [1.807, 2.05) is 11.6 Å². The minimum atomic E-state index is -0.386. The van der Waals surface area contributed by atoms with Crippen LogP contribution in [0.25, 0.3) is 22.7 Å². The molecule has 5 N–H and O–H groups in total. The number of hydrogen-bond acceptors (Lipinski definition) is 24. The van der Waals surface area contributed by atoms with Gasteiger partial charge in [-0.1, -0.05) is 0 Å². The van der Waals surface area contributed by atoms with Crippen LogP contribution in [0.15, 0.2) is 93.0 Å². The molecule has 12 aromatic heterocycles. The van der Waals surface area contributed by atoms with Gasteiger partial charge in [0.05, 0.1) is 36.5 Å². The van der Waals surface area contributed by atoms with Crippen LogP contribution in [0, 0.1) is 0 Å². The first-order valence-corrected chi connectivity index (χ1v) is 24.3. The Balaban J connectivity index is 0.000000127. The van der Waals surface area contributed by atoms with Gasteiger partial charge in [0.15, 0.2) is 5.65 Å². The molecule has 82 heavy (non-hydrogen) atoms. The molecule has 13 rings (SSSR count). The van der Waals surface area contributed by atoms with E-state index >= 15 is 0 Å². The zero-order valence-electron chi connectivity index (χ0n) is 48.1. The summed E-state index contributed by atoms with van der Waals surface area (Å²) in [5, 5.41) is 68.0. The first-order valence-electron chi connectivity index (χ1n) is 26.1. The minimum absolute atomic E-state index is 0.107. The topological polar surface area (TPSA) is 445 Å². The van der Waals surface area contributed by atoms with Crippen molar-refractivity contribution in [1.29, 1.82) is 0 Å². The molecule has 12 heterocycles. The number of aryl methyl sites for hydroxylation is 6. The number of ether oxygens (including phenoxy) is 4. The molecule has 0 spiro atoms. The number of hydrogen-bond donors (Lipinski definition) is 5. The summed E-state index contributed by atoms with van der Waals surface area (Å²) in [5.41, 5.74) is 3.09. The summed E-state index contributed by atoms with van der Waals surface area (Å²) in [6.45, 7) is 3.09. The largest absolute Gasteiger partial charge is 0.470 e. The second-order valence-corrected chi connectivity index (χ2v) is 17.1. The maximum atomic E-state index is 12.1. The van der Waals surface area contributed by atoms with Crippen molar-refractivity contribution in [2.75, 3.05) is 0 Å². The quantitative estimate of drug-likeness (QED) is 0.0582. The monoisotopic (exact) mass is 1140 g/mol. The first-order chi connectivity index (χ1) is 41.4. The Labute approximate surface area is 462 Å². The zero-order chi connectivity index (χ0) is 60.8. The second-order valence-electron chi connectivity index (χ2n) is 17.1. The molecule has 0 unspecified atom stereocenters. The van der Waals surface area contributed by atoms with Crippen LogP contribution >= 0.6 is 0 Å². The summed E-state index contributed by atoms with van der Waals surface area (Å²) in [5.74, 6) is 1.26. The Kier molecular flexibility index (Phi) is 14.2. The van der Waals surface area contributed by atoms with Crippen LogP contribution in [0.2, 0.25) is 5.65 Å². The number of aromatic nitrogens is 32. The highest BCUT2D eigenvalue weighted by Crippen LogP contribution is 2.36. The average molecular weight is 1140 g/mol. The molecule has 1 saturated carbocycles. The van der Waals surface area contributed by atoms with E-state index in [9.17, 15) is 19.2 Å². The van der Waals surface area contributed by atoms with Gasteiger partial charge in [0, 0.05) is 90.8 Å². The highest BCUT2D eigenvalue weighted by molar-refractivity contribution is 5.36. The Bertz CT molecular complexity index is 4480. The maximum Gasteiger partial charge on any atom is 0.368 e. The predicted octanol–water partition coefficient (Wildman–Crippen LogP) is -2.72. The fraction of sp³-hybridized carbons (Fsp3) is 0.333. The SMILES string of the molecule is [3H]n1ccc(OCc2[nH]ncc2-n2nnn(C)c2=O)n1.[3H]n1ccc(OCc2c(-n3nnn(C)c3=O)cnn2C)n1.[3H]n1ccc(OCc2c(-n3nnn(C)c3=O)cnn2C2CC2)n1.[3H]n1ccc(OCc2c(-n3nnn(C)c3=O)cnn2CC)n1. The first kappa shape index (κ1) is 48.7. The lowest BCUT2D eigenvalue weighted by molar-refractivity contribution is 0.279. The lowest BCUT2D eigenvalue weighted by Gasteiger charge is -2.08. The summed E-state index contributed by atoms with van der Waals surface area (Å²) < 4.78 is 65.4. The van der Waals surface area contributed by atoms with Crippen molar-refractivity contribution in [1.82, 2.24) is 159 Å². The van der Waals surface area contributed by atoms with Gasteiger partial charge in [0.1, 0.15) is 66.3 Å². The Hall–Kier alpha value is -11.6. The van der Waals surface area contributed by atoms with Gasteiger partial charge < -0.3 is 18.9 Å². The smallest absolute Gasteiger partial charge is 0.368 e. The van der Waals surface area contributed by atoms with E-state index in [0.717, 1.165) is 67.0 Å². The van der Waals surface area contributed by atoms with E-state index in [0.29, 0.717) is 75.9 Å². The van der Waals surface area contributed by atoms with Gasteiger partial charge in [-0.05, 0) is 61.5 Å². The molecule has 40 nitrogen and oxygen atoms in total. The summed E-state index contributed by atoms with van der Waals surface area (Å²) in [7, 11) is 7.80. The van der Waals surface area contributed by atoms with Gasteiger partial charge in [0.25, 0.3) is 0 Å². The van der Waals surface area contributed by atoms with Crippen LogP contribution in [0.4, 0.5) is 0 Å². The normalized spacial score (nSPS) is 12.5. The van der Waals surface area contributed by atoms with Crippen molar-refractivity contribution >= 4 is 0 Å². The maximum absolute atomic E-state index is 12.1. The van der Waals surface area contributed by atoms with Crippen molar-refractivity contribution in [3.05, 3.63) is 139 Å². The standard InChI is InChI=1S/C12H14N8O2.C11H14N8O2.C10H12N8O2.C9H10N8O2/c1-18-12(21)20(17-16-18)9-6-14-19(8-2-3-8)10(9)7-22-11-4-5-13-15-11;1-3-18-9(7-21-10-4-5-12-14-10)8(6-13-18)19-11(20)17(2)15-16-19;1-16-8(6-20-9-3-4-11-13-9)7(5-12-16)18-10(19)17(2)14-15-18;1-16-9(18)17(15-14-16)7-4-11-12-6(7)5-19-8-2-3-10-13-8/h4-6,8H,2-3,7H2,1H3,(H,13,15);4-6H,3,7H2,1-2H3,(H,12,14);3-5H,6H2,1-2H3,(H,11,13);2-4H,5H2,1H3,(H,10,13)(H,11,12)/i/hT4. The highest BCUT2D eigenvalue weighted by atomic mass is 16.5. The fourth-order valence-corrected chi connectivity index (χ4v) is 7.34. The lowest BCUT2D eigenvalue weighted by Crippen LogP contribution is -2.23. The summed E-state index contributed by atoms with van der Waals surface area (Å²) in [6.07, 6.45) is 14.0. The van der Waals surface area contributed by atoms with Crippen LogP contribution in [0.1, 0.15) is 48.6 Å². The number of nitrogens with zero attached hydrogens (tertiary/aromatic N) is 27. The highest BCUT2D eigenvalue weighted by Gasteiger charge is 2.30. The summed E-state index contributed by atoms with van der Waals surface area (Å²) in [4.78, 5) is 47.7. The summed E-state index contributed by atoms with van der Waals surface area (Å²) in [6, 6.07) is 6.62. The Morgan fingerprint density at radius 2 is 0.866 bits per heavy atom. The van der Waals surface area contributed by atoms with Gasteiger partial charge in [-0.3, -0.25) is 39.5 Å². The van der Waals surface area contributed by atoms with Crippen LogP contribution < -0.4 is 41.7 Å². The van der Waals surface area contributed by atoms with Crippen molar-refractivity contribution in [2.45, 2.75) is 58.8 Å². The molecule has 0 saturated heterocycles. The number of H-pyrrole nitrogens is 5. The van der Waals surface area contributed by atoms with E-state index < -0.39 is 0 Å². The molecule has 40 heteroatoms. The third-order valence-electron chi connectivity index (χ3n) is 11.7. The number of rotatable bonds is 18. The number of tetrazole rings is 4. The molecule has 0 atom stereocenters. The molecule has 0 radical (unpaired) electrons.